The van der Waals surface area contributed by atoms with Crippen molar-refractivity contribution in [1.82, 2.24) is 4.90 Å². The molecule has 17 heavy (non-hydrogen) atoms. The number of benzene rings is 1. The van der Waals surface area contributed by atoms with Crippen LogP contribution in [-0.2, 0) is 11.3 Å². The fraction of sp³-hybridized carbons (Fsp3) is 0.182. The Morgan fingerprint density at radius 1 is 1.29 bits per heavy atom. The van der Waals surface area contributed by atoms with Crippen molar-refractivity contribution < 1.29 is 19.5 Å². The summed E-state index contributed by atoms with van der Waals surface area (Å²) in [6, 6.07) is 5.91. The predicted octanol–water partition coefficient (Wildman–Crippen LogP) is 0.246. The Labute approximate surface area is 101 Å². The average Bonchev–Trinajstić information content (AvgIpc) is 2.61. The van der Waals surface area contributed by atoms with Gasteiger partial charge in [0.2, 0.25) is 5.91 Å². The van der Waals surface area contributed by atoms with Gasteiger partial charge in [0.15, 0.2) is 0 Å². The van der Waals surface area contributed by atoms with Gasteiger partial charge in [-0.15, -0.1) is 0 Å². The minimum absolute atomic E-state index is 0.0715. The van der Waals surface area contributed by atoms with Crippen LogP contribution in [-0.4, -0.2) is 27.8 Å². The molecule has 0 radical (unpaired) electrons. The van der Waals surface area contributed by atoms with Crippen molar-refractivity contribution >= 4 is 28.9 Å². The topological polar surface area (TPSA) is 77.5 Å². The van der Waals surface area contributed by atoms with Crippen molar-refractivity contribution in [2.24, 2.45) is 0 Å². The van der Waals surface area contributed by atoms with Crippen LogP contribution in [0.2, 0.25) is 0 Å². The molecule has 1 heterocycles. The van der Waals surface area contributed by atoms with Gasteiger partial charge in [-0.3, -0.25) is 14.5 Å². The number of carboxylic acids is 1. The fourth-order valence-corrected chi connectivity index (χ4v) is 2.19. The van der Waals surface area contributed by atoms with Gasteiger partial charge in [-0.25, -0.2) is 0 Å². The molecule has 2 rings (SSSR count). The molecule has 0 aromatic heterocycles. The second-order valence-corrected chi connectivity index (χ2v) is 4.45. The Kier molecular flexibility index (Phi) is 3.14. The first-order valence-corrected chi connectivity index (χ1v) is 5.84. The van der Waals surface area contributed by atoms with Gasteiger partial charge in [0.25, 0.3) is 5.24 Å². The highest BCUT2D eigenvalue weighted by Gasteiger charge is 2.29. The highest BCUT2D eigenvalue weighted by molar-refractivity contribution is 8.14. The van der Waals surface area contributed by atoms with Gasteiger partial charge in [-0.05, 0) is 11.1 Å². The van der Waals surface area contributed by atoms with Crippen molar-refractivity contribution in [2.45, 2.75) is 6.54 Å². The molecule has 6 heteroatoms. The number of imide groups is 1. The summed E-state index contributed by atoms with van der Waals surface area (Å²) in [7, 11) is 0. The highest BCUT2D eigenvalue weighted by Crippen LogP contribution is 2.21. The third-order valence-electron chi connectivity index (χ3n) is 2.37. The molecular weight excluding hydrogens is 242 g/mol. The molecule has 1 aromatic carbocycles. The maximum Gasteiger partial charge on any atom is 0.289 e. The minimum atomic E-state index is -1.25. The van der Waals surface area contributed by atoms with Crippen molar-refractivity contribution in [1.29, 1.82) is 0 Å². The standard InChI is InChI=1S/C11H9NO4S/c13-9-6-17-11(16)12(9)5-7-1-3-8(4-2-7)10(14)15/h1-4H,5-6H2,(H,14,15)/p-1. The van der Waals surface area contributed by atoms with E-state index in [-0.39, 0.29) is 29.0 Å². The number of rotatable bonds is 3. The third kappa shape index (κ3) is 2.47. The number of carbonyl (C=O) groups is 3. The summed E-state index contributed by atoms with van der Waals surface area (Å²) in [5.41, 5.74) is 0.779. The summed E-state index contributed by atoms with van der Waals surface area (Å²) in [5, 5.41) is 10.3. The van der Waals surface area contributed by atoms with Gasteiger partial charge in [0, 0.05) is 0 Å². The lowest BCUT2D eigenvalue weighted by Crippen LogP contribution is -2.28. The van der Waals surface area contributed by atoms with Gasteiger partial charge in [-0.1, -0.05) is 36.0 Å². The van der Waals surface area contributed by atoms with Crippen LogP contribution >= 0.6 is 11.8 Å². The largest absolute Gasteiger partial charge is 0.545 e. The molecule has 1 aliphatic rings. The van der Waals surface area contributed by atoms with Crippen molar-refractivity contribution in [3.05, 3.63) is 35.4 Å². The third-order valence-corrected chi connectivity index (χ3v) is 3.23. The summed E-state index contributed by atoms with van der Waals surface area (Å²) in [5.74, 6) is -1.29. The molecule has 5 nitrogen and oxygen atoms in total. The Balaban J connectivity index is 2.11. The van der Waals surface area contributed by atoms with Crippen LogP contribution in [0.15, 0.2) is 24.3 Å². The number of amides is 2. The molecule has 0 aliphatic carbocycles. The summed E-state index contributed by atoms with van der Waals surface area (Å²) >= 11 is 0.974. The zero-order valence-corrected chi connectivity index (χ0v) is 9.53. The van der Waals surface area contributed by atoms with E-state index < -0.39 is 5.97 Å². The first-order valence-electron chi connectivity index (χ1n) is 4.85. The predicted molar refractivity (Wildman–Crippen MR) is 59.2 cm³/mol. The molecule has 0 saturated carbocycles. The number of aromatic carboxylic acids is 1. The zero-order valence-electron chi connectivity index (χ0n) is 8.71. The zero-order chi connectivity index (χ0) is 12.4. The Bertz CT molecular complexity index is 467. The van der Waals surface area contributed by atoms with Crippen LogP contribution in [0, 0.1) is 0 Å². The lowest BCUT2D eigenvalue weighted by atomic mass is 10.1. The van der Waals surface area contributed by atoms with E-state index in [1.807, 2.05) is 0 Å². The van der Waals surface area contributed by atoms with E-state index in [0.29, 0.717) is 5.56 Å². The van der Waals surface area contributed by atoms with Gasteiger partial charge in [0.05, 0.1) is 18.3 Å². The van der Waals surface area contributed by atoms with Crippen LogP contribution < -0.4 is 5.11 Å². The molecule has 0 spiro atoms. The van der Waals surface area contributed by atoms with Crippen LogP contribution in [0.5, 0.6) is 0 Å². The normalized spacial score (nSPS) is 15.4. The lowest BCUT2D eigenvalue weighted by molar-refractivity contribution is -0.255. The highest BCUT2D eigenvalue weighted by atomic mass is 32.2. The molecular formula is C11H8NO4S-. The molecule has 1 aromatic rings. The quantitative estimate of drug-likeness (QED) is 0.768. The van der Waals surface area contributed by atoms with Crippen LogP contribution in [0.3, 0.4) is 0 Å². The molecule has 0 atom stereocenters. The van der Waals surface area contributed by atoms with Gasteiger partial charge in [0.1, 0.15) is 0 Å². The first kappa shape index (κ1) is 11.7. The van der Waals surface area contributed by atoms with Gasteiger partial charge >= 0.3 is 0 Å². The van der Waals surface area contributed by atoms with Gasteiger partial charge < -0.3 is 9.90 Å². The fourth-order valence-electron chi connectivity index (χ4n) is 1.46. The smallest absolute Gasteiger partial charge is 0.289 e. The average molecular weight is 250 g/mol. The van der Waals surface area contributed by atoms with Crippen LogP contribution in [0.25, 0.3) is 0 Å². The lowest BCUT2D eigenvalue weighted by Gasteiger charge is -2.13. The number of thioether (sulfide) groups is 1. The van der Waals surface area contributed by atoms with E-state index in [0.717, 1.165) is 16.7 Å². The second-order valence-electron chi connectivity index (χ2n) is 3.52. The Morgan fingerprint density at radius 2 is 1.94 bits per heavy atom. The number of carboxylic acid groups (broad SMARTS) is 1. The number of hydrogen-bond acceptors (Lipinski definition) is 5. The SMILES string of the molecule is O=C([O-])c1ccc(CN2C(=O)CSC2=O)cc1. The number of nitrogens with zero attached hydrogens (tertiary/aromatic N) is 1. The van der Waals surface area contributed by atoms with Gasteiger partial charge in [-0.2, -0.15) is 0 Å². The maximum absolute atomic E-state index is 11.3. The van der Waals surface area contributed by atoms with Crippen LogP contribution in [0.1, 0.15) is 15.9 Å². The number of carbonyl (C=O) groups excluding carboxylic acids is 3. The maximum atomic E-state index is 11.3. The Morgan fingerprint density at radius 3 is 2.41 bits per heavy atom. The van der Waals surface area contributed by atoms with E-state index in [1.54, 1.807) is 12.1 Å². The minimum Gasteiger partial charge on any atom is -0.545 e. The monoisotopic (exact) mass is 250 g/mol. The van der Waals surface area contributed by atoms with E-state index in [9.17, 15) is 19.5 Å². The number of hydrogen-bond donors (Lipinski definition) is 0. The first-order chi connectivity index (χ1) is 8.08. The molecule has 0 unspecified atom stereocenters. The molecule has 88 valence electrons. The summed E-state index contributed by atoms with van der Waals surface area (Å²) in [4.78, 5) is 34.4. The summed E-state index contributed by atoms with van der Waals surface area (Å²) < 4.78 is 0. The van der Waals surface area contributed by atoms with Crippen molar-refractivity contribution in [3.8, 4) is 0 Å². The molecule has 2 amide bonds. The molecule has 0 bridgehead atoms. The Hall–Kier alpha value is -1.82. The van der Waals surface area contributed by atoms with E-state index in [4.69, 9.17) is 0 Å². The van der Waals surface area contributed by atoms with E-state index in [2.05, 4.69) is 0 Å². The van der Waals surface area contributed by atoms with Crippen molar-refractivity contribution in [2.75, 3.05) is 5.75 Å². The van der Waals surface area contributed by atoms with E-state index in [1.165, 1.54) is 12.1 Å². The van der Waals surface area contributed by atoms with Crippen LogP contribution in [0.4, 0.5) is 4.79 Å². The summed E-state index contributed by atoms with van der Waals surface area (Å²) in [6.07, 6.45) is 0. The summed E-state index contributed by atoms with van der Waals surface area (Å²) in [6.45, 7) is 0.179. The molecule has 1 fully saturated rings. The molecule has 1 saturated heterocycles. The van der Waals surface area contributed by atoms with Crippen molar-refractivity contribution in [3.63, 3.8) is 0 Å². The second kappa shape index (κ2) is 4.58. The molecule has 0 N–H and O–H groups in total. The molecule has 1 aliphatic heterocycles. The van der Waals surface area contributed by atoms with E-state index >= 15 is 0 Å².